The fourth-order valence-corrected chi connectivity index (χ4v) is 3.20. The van der Waals surface area contributed by atoms with Crippen molar-refractivity contribution >= 4 is 29.0 Å². The molecular formula is C22H18ClF3N2O2. The van der Waals surface area contributed by atoms with E-state index in [9.17, 15) is 18.0 Å². The summed E-state index contributed by atoms with van der Waals surface area (Å²) < 4.78 is 39.1. The van der Waals surface area contributed by atoms with Crippen molar-refractivity contribution in [1.82, 2.24) is 0 Å². The number of aliphatic hydroxyl groups is 1. The van der Waals surface area contributed by atoms with Crippen LogP contribution in [0.3, 0.4) is 0 Å². The van der Waals surface area contributed by atoms with Crippen LogP contribution in [0.2, 0.25) is 5.02 Å². The van der Waals surface area contributed by atoms with Crippen LogP contribution in [-0.2, 0) is 12.6 Å². The molecule has 0 aliphatic carbocycles. The molecule has 8 heteroatoms. The number of urea groups is 1. The number of benzene rings is 3. The number of carbonyl (C=O) groups excluding carboxylic acids is 1. The van der Waals surface area contributed by atoms with Crippen molar-refractivity contribution in [3.05, 3.63) is 82.9 Å². The summed E-state index contributed by atoms with van der Waals surface area (Å²) in [5.74, 6) is 0. The molecule has 0 atom stereocenters. The second-order valence-corrected chi connectivity index (χ2v) is 6.89. The minimum atomic E-state index is -4.55. The molecule has 0 aromatic heterocycles. The van der Waals surface area contributed by atoms with Crippen LogP contribution in [0.5, 0.6) is 0 Å². The molecule has 3 aromatic rings. The van der Waals surface area contributed by atoms with Crippen molar-refractivity contribution in [2.45, 2.75) is 12.6 Å². The Morgan fingerprint density at radius 2 is 1.73 bits per heavy atom. The van der Waals surface area contributed by atoms with Crippen molar-refractivity contribution < 1.29 is 23.1 Å². The maximum Gasteiger partial charge on any atom is 0.416 e. The number of halogens is 4. The Balaban J connectivity index is 1.81. The Bertz CT molecular complexity index is 1050. The molecule has 3 N–H and O–H groups in total. The number of alkyl halides is 3. The topological polar surface area (TPSA) is 61.4 Å². The van der Waals surface area contributed by atoms with Crippen LogP contribution in [0.4, 0.5) is 29.3 Å². The van der Waals surface area contributed by atoms with Gasteiger partial charge in [0.15, 0.2) is 0 Å². The van der Waals surface area contributed by atoms with E-state index in [0.29, 0.717) is 16.3 Å². The number of rotatable bonds is 5. The first-order valence-corrected chi connectivity index (χ1v) is 9.39. The average molecular weight is 435 g/mol. The van der Waals surface area contributed by atoms with Crippen LogP contribution < -0.4 is 10.6 Å². The highest BCUT2D eigenvalue weighted by atomic mass is 35.5. The minimum absolute atomic E-state index is 0.0152. The Morgan fingerprint density at radius 1 is 0.967 bits per heavy atom. The fraction of sp³-hybridized carbons (Fsp3) is 0.136. The quantitative estimate of drug-likeness (QED) is 0.447. The Hall–Kier alpha value is -3.03. The highest BCUT2D eigenvalue weighted by molar-refractivity contribution is 6.33. The number of carbonyl (C=O) groups is 1. The number of nitrogens with one attached hydrogen (secondary N) is 2. The number of aliphatic hydroxyl groups excluding tert-OH is 1. The summed E-state index contributed by atoms with van der Waals surface area (Å²) in [5, 5.41) is 14.7. The molecule has 0 unspecified atom stereocenters. The molecule has 0 radical (unpaired) electrons. The molecule has 0 spiro atoms. The van der Waals surface area contributed by atoms with E-state index in [-0.39, 0.29) is 18.7 Å². The lowest BCUT2D eigenvalue weighted by molar-refractivity contribution is -0.137. The average Bonchev–Trinajstić information content (AvgIpc) is 2.69. The lowest BCUT2D eigenvalue weighted by atomic mass is 10.1. The highest BCUT2D eigenvalue weighted by Crippen LogP contribution is 2.33. The van der Waals surface area contributed by atoms with Crippen LogP contribution in [0.25, 0.3) is 11.1 Å². The van der Waals surface area contributed by atoms with E-state index < -0.39 is 17.8 Å². The summed E-state index contributed by atoms with van der Waals surface area (Å²) in [6, 6.07) is 16.5. The van der Waals surface area contributed by atoms with Gasteiger partial charge in [-0.1, -0.05) is 48.0 Å². The molecular weight excluding hydrogens is 417 g/mol. The van der Waals surface area contributed by atoms with Crippen molar-refractivity contribution in [2.24, 2.45) is 0 Å². The van der Waals surface area contributed by atoms with Gasteiger partial charge in [-0.05, 0) is 47.9 Å². The maximum atomic E-state index is 13.0. The van der Waals surface area contributed by atoms with Gasteiger partial charge < -0.3 is 15.7 Å². The van der Waals surface area contributed by atoms with Crippen LogP contribution in [-0.4, -0.2) is 17.7 Å². The zero-order valence-corrected chi connectivity index (χ0v) is 16.4. The molecule has 0 fully saturated rings. The van der Waals surface area contributed by atoms with E-state index in [1.165, 1.54) is 6.07 Å². The molecule has 156 valence electrons. The van der Waals surface area contributed by atoms with E-state index in [1.807, 2.05) is 18.2 Å². The predicted octanol–water partition coefficient (Wildman–Crippen LogP) is 6.20. The van der Waals surface area contributed by atoms with Gasteiger partial charge >= 0.3 is 12.2 Å². The number of hydrogen-bond donors (Lipinski definition) is 3. The van der Waals surface area contributed by atoms with Gasteiger partial charge in [-0.25, -0.2) is 4.79 Å². The molecule has 30 heavy (non-hydrogen) atoms. The summed E-state index contributed by atoms with van der Waals surface area (Å²) in [5.41, 5.74) is 1.50. The second-order valence-electron chi connectivity index (χ2n) is 6.48. The molecule has 0 heterocycles. The first-order valence-electron chi connectivity index (χ1n) is 9.02. The molecule has 0 aliphatic rings. The molecule has 2 amide bonds. The van der Waals surface area contributed by atoms with E-state index in [0.717, 1.165) is 23.3 Å². The third-order valence-electron chi connectivity index (χ3n) is 4.37. The zero-order chi connectivity index (χ0) is 21.7. The van der Waals surface area contributed by atoms with Crippen molar-refractivity contribution in [3.8, 4) is 11.1 Å². The van der Waals surface area contributed by atoms with Gasteiger partial charge in [-0.2, -0.15) is 13.2 Å². The monoisotopic (exact) mass is 434 g/mol. The molecule has 3 aromatic carbocycles. The van der Waals surface area contributed by atoms with E-state index in [4.69, 9.17) is 16.7 Å². The maximum absolute atomic E-state index is 13.0. The van der Waals surface area contributed by atoms with Crippen LogP contribution in [0.15, 0.2) is 66.7 Å². The van der Waals surface area contributed by atoms with Gasteiger partial charge in [0, 0.05) is 28.6 Å². The SMILES string of the molecule is O=C(Nc1cccc(-c2ccccc2Cl)c1)Nc1cc(C(F)(F)F)ccc1CCO. The van der Waals surface area contributed by atoms with Gasteiger partial charge in [0.25, 0.3) is 0 Å². The van der Waals surface area contributed by atoms with E-state index in [2.05, 4.69) is 10.6 Å². The Kier molecular flexibility index (Phi) is 6.64. The van der Waals surface area contributed by atoms with E-state index in [1.54, 1.807) is 30.3 Å². The molecule has 0 saturated heterocycles. The summed E-state index contributed by atoms with van der Waals surface area (Å²) in [7, 11) is 0. The Labute approximate surface area is 176 Å². The molecule has 0 aliphatic heterocycles. The standard InChI is InChI=1S/C22H18ClF3N2O2/c23-19-7-2-1-6-18(19)15-4-3-5-17(12-15)27-21(30)28-20-13-16(22(24,25)26)9-8-14(20)10-11-29/h1-9,12-13,29H,10-11H2,(H2,27,28,30). The van der Waals surface area contributed by atoms with Crippen molar-refractivity contribution in [1.29, 1.82) is 0 Å². The zero-order valence-electron chi connectivity index (χ0n) is 15.6. The summed E-state index contributed by atoms with van der Waals surface area (Å²) in [6.07, 6.45) is -4.44. The number of anilines is 2. The van der Waals surface area contributed by atoms with Crippen LogP contribution in [0.1, 0.15) is 11.1 Å². The molecule has 3 rings (SSSR count). The lowest BCUT2D eigenvalue weighted by Gasteiger charge is -2.15. The van der Waals surface area contributed by atoms with E-state index >= 15 is 0 Å². The third-order valence-corrected chi connectivity index (χ3v) is 4.70. The first-order chi connectivity index (χ1) is 14.3. The van der Waals surface area contributed by atoms with Crippen molar-refractivity contribution in [3.63, 3.8) is 0 Å². The predicted molar refractivity (Wildman–Crippen MR) is 112 cm³/mol. The van der Waals surface area contributed by atoms with Gasteiger partial charge in [-0.15, -0.1) is 0 Å². The summed E-state index contributed by atoms with van der Waals surface area (Å²) >= 11 is 6.21. The Morgan fingerprint density at radius 3 is 2.43 bits per heavy atom. The van der Waals surface area contributed by atoms with Crippen molar-refractivity contribution in [2.75, 3.05) is 17.2 Å². The number of amides is 2. The molecule has 0 saturated carbocycles. The second kappa shape index (κ2) is 9.19. The van der Waals surface area contributed by atoms with Gasteiger partial charge in [0.2, 0.25) is 0 Å². The summed E-state index contributed by atoms with van der Waals surface area (Å²) in [6.45, 7) is -0.262. The van der Waals surface area contributed by atoms with Gasteiger partial charge in [-0.3, -0.25) is 0 Å². The third kappa shape index (κ3) is 5.31. The van der Waals surface area contributed by atoms with Crippen LogP contribution >= 0.6 is 11.6 Å². The van der Waals surface area contributed by atoms with Crippen LogP contribution in [0, 0.1) is 0 Å². The van der Waals surface area contributed by atoms with Gasteiger partial charge in [0.05, 0.1) is 5.56 Å². The molecule has 0 bridgehead atoms. The summed E-state index contributed by atoms with van der Waals surface area (Å²) in [4.78, 5) is 12.4. The lowest BCUT2D eigenvalue weighted by Crippen LogP contribution is -2.21. The fourth-order valence-electron chi connectivity index (χ4n) is 2.95. The first kappa shape index (κ1) is 21.7. The normalized spacial score (nSPS) is 11.2. The largest absolute Gasteiger partial charge is 0.416 e. The smallest absolute Gasteiger partial charge is 0.396 e. The number of hydrogen-bond acceptors (Lipinski definition) is 2. The highest BCUT2D eigenvalue weighted by Gasteiger charge is 2.31. The van der Waals surface area contributed by atoms with Gasteiger partial charge in [0.1, 0.15) is 0 Å². The molecule has 4 nitrogen and oxygen atoms in total. The minimum Gasteiger partial charge on any atom is -0.396 e.